The lowest BCUT2D eigenvalue weighted by Gasteiger charge is -2.32. The summed E-state index contributed by atoms with van der Waals surface area (Å²) in [5, 5.41) is 0.171. The van der Waals surface area contributed by atoms with Gasteiger partial charge >= 0.3 is 7.12 Å². The van der Waals surface area contributed by atoms with E-state index >= 15 is 0 Å². The van der Waals surface area contributed by atoms with E-state index in [1.165, 1.54) is 0 Å². The van der Waals surface area contributed by atoms with Crippen LogP contribution in [0.25, 0.3) is 11.1 Å². The molecule has 1 fully saturated rings. The molecular formula is C24H25BClNO3. The number of nitrogens with zero attached hydrogens (tertiary/aromatic N) is 1. The Hall–Kier alpha value is -2.34. The lowest BCUT2D eigenvalue weighted by Crippen LogP contribution is -2.41. The normalized spacial score (nSPS) is 17.3. The quantitative estimate of drug-likeness (QED) is 0.582. The fraction of sp³-hybridized carbons (Fsp3) is 0.292. The second-order valence-corrected chi connectivity index (χ2v) is 9.02. The summed E-state index contributed by atoms with van der Waals surface area (Å²) < 4.78 is 14.3. The predicted molar refractivity (Wildman–Crippen MR) is 122 cm³/mol. The monoisotopic (exact) mass is 421 g/mol. The molecule has 0 saturated carbocycles. The highest BCUT2D eigenvalue weighted by Gasteiger charge is 2.52. The summed E-state index contributed by atoms with van der Waals surface area (Å²) in [6, 6.07) is 19.5. The van der Waals surface area contributed by atoms with Gasteiger partial charge in [-0.2, -0.15) is 0 Å². The van der Waals surface area contributed by atoms with Crippen molar-refractivity contribution in [3.63, 3.8) is 0 Å². The van der Waals surface area contributed by atoms with Gasteiger partial charge in [0.1, 0.15) is 5.02 Å². The van der Waals surface area contributed by atoms with E-state index in [1.54, 1.807) is 4.57 Å². The van der Waals surface area contributed by atoms with Gasteiger partial charge in [-0.25, -0.2) is 0 Å². The van der Waals surface area contributed by atoms with Gasteiger partial charge in [-0.15, -0.1) is 0 Å². The Kier molecular flexibility index (Phi) is 5.39. The Bertz CT molecular complexity index is 1090. The number of hydrogen-bond donors (Lipinski definition) is 0. The van der Waals surface area contributed by atoms with Crippen molar-refractivity contribution in [2.75, 3.05) is 0 Å². The highest BCUT2D eigenvalue weighted by Crippen LogP contribution is 2.37. The molecule has 2 aromatic carbocycles. The first kappa shape index (κ1) is 20.9. The topological polar surface area (TPSA) is 40.5 Å². The Morgan fingerprint density at radius 2 is 1.43 bits per heavy atom. The average molecular weight is 422 g/mol. The van der Waals surface area contributed by atoms with Gasteiger partial charge in [-0.05, 0) is 38.8 Å². The fourth-order valence-electron chi connectivity index (χ4n) is 3.60. The lowest BCUT2D eigenvalue weighted by molar-refractivity contribution is 0.00578. The molecule has 0 aliphatic carbocycles. The van der Waals surface area contributed by atoms with Crippen LogP contribution < -0.4 is 11.0 Å². The fourth-order valence-corrected chi connectivity index (χ4v) is 3.92. The molecular weight excluding hydrogens is 397 g/mol. The summed E-state index contributed by atoms with van der Waals surface area (Å²) in [6.45, 7) is 8.46. The maximum Gasteiger partial charge on any atom is 0.497 e. The molecule has 0 unspecified atom stereocenters. The van der Waals surface area contributed by atoms with Crippen LogP contribution in [0.15, 0.2) is 71.7 Å². The van der Waals surface area contributed by atoms with Crippen LogP contribution in [0.3, 0.4) is 0 Å². The first-order valence-corrected chi connectivity index (χ1v) is 10.5. The van der Waals surface area contributed by atoms with Crippen molar-refractivity contribution >= 4 is 24.2 Å². The molecule has 0 N–H and O–H groups in total. The Labute approximate surface area is 182 Å². The van der Waals surface area contributed by atoms with Crippen LogP contribution in [0.1, 0.15) is 33.3 Å². The summed E-state index contributed by atoms with van der Waals surface area (Å²) in [5.41, 5.74) is 2.04. The third-order valence-electron chi connectivity index (χ3n) is 6.02. The SMILES string of the molecule is CC1(C)OB(c2cn(Cc3ccccc3)c(=O)c(Cl)c2-c2ccccc2)OC1(C)C. The minimum absolute atomic E-state index is 0.171. The minimum Gasteiger partial charge on any atom is -0.399 e. The van der Waals surface area contributed by atoms with E-state index in [0.29, 0.717) is 12.1 Å². The molecule has 3 aromatic rings. The van der Waals surface area contributed by atoms with Crippen molar-refractivity contribution < 1.29 is 9.31 Å². The third-order valence-corrected chi connectivity index (χ3v) is 6.37. The molecule has 1 saturated heterocycles. The van der Waals surface area contributed by atoms with E-state index in [2.05, 4.69) is 0 Å². The summed E-state index contributed by atoms with van der Waals surface area (Å²) in [6.07, 6.45) is 1.83. The molecule has 0 radical (unpaired) electrons. The van der Waals surface area contributed by atoms with E-state index < -0.39 is 18.3 Å². The van der Waals surface area contributed by atoms with Crippen LogP contribution >= 0.6 is 11.6 Å². The number of aromatic nitrogens is 1. The Morgan fingerprint density at radius 1 is 0.900 bits per heavy atom. The van der Waals surface area contributed by atoms with Crippen LogP contribution in [-0.2, 0) is 15.9 Å². The van der Waals surface area contributed by atoms with Crippen LogP contribution in [0.2, 0.25) is 5.02 Å². The van der Waals surface area contributed by atoms with Gasteiger partial charge in [0.2, 0.25) is 0 Å². The van der Waals surface area contributed by atoms with Gasteiger partial charge in [0.15, 0.2) is 0 Å². The van der Waals surface area contributed by atoms with Crippen molar-refractivity contribution in [2.24, 2.45) is 0 Å². The van der Waals surface area contributed by atoms with Crippen LogP contribution in [-0.4, -0.2) is 22.9 Å². The third kappa shape index (κ3) is 3.73. The van der Waals surface area contributed by atoms with E-state index in [1.807, 2.05) is 94.6 Å². The number of benzene rings is 2. The summed E-state index contributed by atoms with van der Waals surface area (Å²) >= 11 is 6.68. The van der Waals surface area contributed by atoms with Gasteiger partial charge in [0.25, 0.3) is 5.56 Å². The standard InChI is InChI=1S/C24H25BClNO3/c1-23(2)24(3,4)30-25(29-23)19-16-27(15-17-11-7-5-8-12-17)22(28)21(26)20(19)18-13-9-6-10-14-18/h5-14,16H,15H2,1-4H3. The van der Waals surface area contributed by atoms with E-state index in [-0.39, 0.29) is 10.6 Å². The van der Waals surface area contributed by atoms with Gasteiger partial charge in [-0.1, -0.05) is 72.3 Å². The van der Waals surface area contributed by atoms with E-state index in [9.17, 15) is 4.79 Å². The summed E-state index contributed by atoms with van der Waals surface area (Å²) in [7, 11) is -0.634. The molecule has 6 heteroatoms. The molecule has 0 atom stereocenters. The zero-order chi connectivity index (χ0) is 21.5. The molecule has 2 heterocycles. The molecule has 1 aliphatic heterocycles. The highest BCUT2D eigenvalue weighted by atomic mass is 35.5. The zero-order valence-corrected chi connectivity index (χ0v) is 18.4. The highest BCUT2D eigenvalue weighted by molar-refractivity contribution is 6.64. The van der Waals surface area contributed by atoms with E-state index in [0.717, 1.165) is 16.6 Å². The zero-order valence-electron chi connectivity index (χ0n) is 17.7. The Morgan fingerprint density at radius 3 is 2.00 bits per heavy atom. The first-order valence-electron chi connectivity index (χ1n) is 10.1. The van der Waals surface area contributed by atoms with Crippen molar-refractivity contribution in [3.05, 3.63) is 87.8 Å². The van der Waals surface area contributed by atoms with Crippen LogP contribution in [0.4, 0.5) is 0 Å². The lowest BCUT2D eigenvalue weighted by atomic mass is 9.75. The molecule has 154 valence electrons. The Balaban J connectivity index is 1.89. The molecule has 0 spiro atoms. The van der Waals surface area contributed by atoms with Gasteiger partial charge in [-0.3, -0.25) is 4.79 Å². The average Bonchev–Trinajstić information content (AvgIpc) is 2.94. The molecule has 30 heavy (non-hydrogen) atoms. The maximum absolute atomic E-state index is 13.1. The molecule has 4 rings (SSSR count). The molecule has 0 bridgehead atoms. The number of hydrogen-bond acceptors (Lipinski definition) is 3. The predicted octanol–water partition coefficient (Wildman–Crippen LogP) is 4.52. The van der Waals surface area contributed by atoms with Gasteiger partial charge in [0.05, 0.1) is 17.7 Å². The van der Waals surface area contributed by atoms with E-state index in [4.69, 9.17) is 20.9 Å². The smallest absolute Gasteiger partial charge is 0.399 e. The maximum atomic E-state index is 13.1. The second-order valence-electron chi connectivity index (χ2n) is 8.65. The number of halogens is 1. The molecule has 1 aliphatic rings. The van der Waals surface area contributed by atoms with Gasteiger partial charge < -0.3 is 13.9 Å². The molecule has 0 amide bonds. The van der Waals surface area contributed by atoms with Crippen LogP contribution in [0.5, 0.6) is 0 Å². The van der Waals surface area contributed by atoms with Gasteiger partial charge in [0, 0.05) is 17.2 Å². The largest absolute Gasteiger partial charge is 0.497 e. The molecule has 1 aromatic heterocycles. The first-order chi connectivity index (χ1) is 14.2. The summed E-state index contributed by atoms with van der Waals surface area (Å²) in [5.74, 6) is 0. The van der Waals surface area contributed by atoms with Crippen LogP contribution in [0, 0.1) is 0 Å². The van der Waals surface area contributed by atoms with Crippen molar-refractivity contribution in [3.8, 4) is 11.1 Å². The van der Waals surface area contributed by atoms with Crippen molar-refractivity contribution in [1.82, 2.24) is 4.57 Å². The molecule has 4 nitrogen and oxygen atoms in total. The summed E-state index contributed by atoms with van der Waals surface area (Å²) in [4.78, 5) is 13.1. The number of rotatable bonds is 4. The second kappa shape index (κ2) is 7.73. The number of pyridine rings is 1. The minimum atomic E-state index is -0.634. The van der Waals surface area contributed by atoms with Crippen molar-refractivity contribution in [2.45, 2.75) is 45.4 Å². The van der Waals surface area contributed by atoms with Crippen molar-refractivity contribution in [1.29, 1.82) is 0 Å².